The minimum absolute atomic E-state index is 0.00880. The Bertz CT molecular complexity index is 340. The van der Waals surface area contributed by atoms with Gasteiger partial charge in [-0.2, -0.15) is 8.78 Å². The van der Waals surface area contributed by atoms with Gasteiger partial charge in [-0.05, 0) is 23.6 Å². The lowest BCUT2D eigenvalue weighted by Crippen LogP contribution is -2.08. The molecule has 1 aromatic rings. The maximum absolute atomic E-state index is 12.2. The molecule has 1 rings (SSSR count). The molecule has 16 heavy (non-hydrogen) atoms. The summed E-state index contributed by atoms with van der Waals surface area (Å²) in [5.41, 5.74) is 1.60. The van der Waals surface area contributed by atoms with Gasteiger partial charge >= 0.3 is 6.61 Å². The minimum Gasteiger partial charge on any atom is -0.435 e. The lowest BCUT2D eigenvalue weighted by Gasteiger charge is -2.17. The van der Waals surface area contributed by atoms with Crippen LogP contribution in [0.1, 0.15) is 30.9 Å². The van der Waals surface area contributed by atoms with E-state index in [1.165, 1.54) is 6.07 Å². The molecule has 0 aliphatic heterocycles. The highest BCUT2D eigenvalue weighted by Gasteiger charge is 2.15. The molecule has 1 atom stereocenters. The van der Waals surface area contributed by atoms with Gasteiger partial charge in [0.1, 0.15) is 5.75 Å². The zero-order valence-electron chi connectivity index (χ0n) is 9.41. The van der Waals surface area contributed by atoms with E-state index in [4.69, 9.17) is 5.11 Å². The molecule has 4 heteroatoms. The average Bonchev–Trinajstić information content (AvgIpc) is 2.27. The van der Waals surface area contributed by atoms with E-state index < -0.39 is 6.61 Å². The summed E-state index contributed by atoms with van der Waals surface area (Å²) in [6.07, 6.45) is 0.600. The Morgan fingerprint density at radius 1 is 1.38 bits per heavy atom. The van der Waals surface area contributed by atoms with Gasteiger partial charge in [-0.1, -0.05) is 26.0 Å². The number of benzene rings is 1. The summed E-state index contributed by atoms with van der Waals surface area (Å²) < 4.78 is 28.8. The van der Waals surface area contributed by atoms with Crippen molar-refractivity contribution in [3.05, 3.63) is 29.3 Å². The van der Waals surface area contributed by atoms with Crippen molar-refractivity contribution in [2.75, 3.05) is 6.61 Å². The summed E-state index contributed by atoms with van der Waals surface area (Å²) in [7, 11) is 0. The molecule has 0 bridgehead atoms. The van der Waals surface area contributed by atoms with Gasteiger partial charge in [0.15, 0.2) is 0 Å². The summed E-state index contributed by atoms with van der Waals surface area (Å²) in [6, 6.07) is 5.02. The quantitative estimate of drug-likeness (QED) is 0.842. The molecule has 0 saturated heterocycles. The third-order valence-electron chi connectivity index (χ3n) is 2.54. The number of hydrogen-bond acceptors (Lipinski definition) is 2. The van der Waals surface area contributed by atoms with Crippen LogP contribution in [0, 0.1) is 0 Å². The molecule has 1 unspecified atom stereocenters. The normalized spacial score (nSPS) is 12.9. The Morgan fingerprint density at radius 3 is 2.56 bits per heavy atom. The van der Waals surface area contributed by atoms with Crippen LogP contribution in [-0.2, 0) is 6.42 Å². The Morgan fingerprint density at radius 2 is 2.06 bits per heavy atom. The van der Waals surface area contributed by atoms with Crippen molar-refractivity contribution in [1.29, 1.82) is 0 Å². The zero-order valence-corrected chi connectivity index (χ0v) is 9.41. The molecule has 0 spiro atoms. The van der Waals surface area contributed by atoms with Gasteiger partial charge in [-0.25, -0.2) is 0 Å². The van der Waals surface area contributed by atoms with Gasteiger partial charge < -0.3 is 9.84 Å². The molecule has 0 aromatic heterocycles. The molecule has 0 fully saturated rings. The van der Waals surface area contributed by atoms with Crippen molar-refractivity contribution in [1.82, 2.24) is 0 Å². The fourth-order valence-electron chi connectivity index (χ4n) is 1.73. The summed E-state index contributed by atoms with van der Waals surface area (Å²) in [4.78, 5) is 0. The maximum Gasteiger partial charge on any atom is 0.387 e. The Kier molecular flexibility index (Phi) is 4.68. The first-order chi connectivity index (χ1) is 7.60. The second-order valence-corrected chi connectivity index (χ2v) is 3.64. The molecule has 0 amide bonds. The minimum atomic E-state index is -2.81. The molecule has 0 heterocycles. The van der Waals surface area contributed by atoms with Gasteiger partial charge in [0.05, 0.1) is 0 Å². The smallest absolute Gasteiger partial charge is 0.387 e. The molecule has 0 aliphatic carbocycles. The molecule has 90 valence electrons. The van der Waals surface area contributed by atoms with E-state index >= 15 is 0 Å². The zero-order chi connectivity index (χ0) is 12.1. The highest BCUT2D eigenvalue weighted by Crippen LogP contribution is 2.29. The van der Waals surface area contributed by atoms with E-state index in [1.54, 1.807) is 6.07 Å². The number of ether oxygens (including phenoxy) is 1. The van der Waals surface area contributed by atoms with Crippen molar-refractivity contribution < 1.29 is 18.6 Å². The monoisotopic (exact) mass is 230 g/mol. The van der Waals surface area contributed by atoms with Gasteiger partial charge in [-0.15, -0.1) is 0 Å². The molecule has 0 saturated carbocycles. The van der Waals surface area contributed by atoms with Crippen molar-refractivity contribution in [2.24, 2.45) is 0 Å². The summed E-state index contributed by atoms with van der Waals surface area (Å²) in [5.74, 6) is 0.131. The van der Waals surface area contributed by atoms with Crippen molar-refractivity contribution in [2.45, 2.75) is 32.8 Å². The van der Waals surface area contributed by atoms with Crippen LogP contribution in [0.25, 0.3) is 0 Å². The van der Waals surface area contributed by atoms with Crippen molar-refractivity contribution >= 4 is 0 Å². The van der Waals surface area contributed by atoms with Gasteiger partial charge in [0.25, 0.3) is 0 Å². The first kappa shape index (κ1) is 12.9. The van der Waals surface area contributed by atoms with Crippen molar-refractivity contribution in [3.63, 3.8) is 0 Å². The fourth-order valence-corrected chi connectivity index (χ4v) is 1.73. The second-order valence-electron chi connectivity index (χ2n) is 3.64. The molecule has 1 N–H and O–H groups in total. The predicted octanol–water partition coefficient (Wildman–Crippen LogP) is 2.95. The highest BCUT2D eigenvalue weighted by atomic mass is 19.3. The van der Waals surface area contributed by atoms with Gasteiger partial charge in [0, 0.05) is 12.5 Å². The first-order valence-corrected chi connectivity index (χ1v) is 5.27. The molecule has 0 aliphatic rings. The lowest BCUT2D eigenvalue weighted by molar-refractivity contribution is -0.0504. The summed E-state index contributed by atoms with van der Waals surface area (Å²) in [5, 5.41) is 9.09. The van der Waals surface area contributed by atoms with Crippen LogP contribution in [0.15, 0.2) is 18.2 Å². The van der Waals surface area contributed by atoms with Gasteiger partial charge in [-0.3, -0.25) is 0 Å². The van der Waals surface area contributed by atoms with E-state index in [9.17, 15) is 8.78 Å². The van der Waals surface area contributed by atoms with Crippen LogP contribution >= 0.6 is 0 Å². The molecular formula is C12H16F2O2. The van der Waals surface area contributed by atoms with Crippen LogP contribution in [0.4, 0.5) is 8.78 Å². The number of aliphatic hydroxyl groups is 1. The number of halogens is 2. The van der Waals surface area contributed by atoms with Gasteiger partial charge in [0.2, 0.25) is 0 Å². The van der Waals surface area contributed by atoms with E-state index in [2.05, 4.69) is 4.74 Å². The fraction of sp³-hybridized carbons (Fsp3) is 0.500. The average molecular weight is 230 g/mol. The first-order valence-electron chi connectivity index (χ1n) is 5.27. The summed E-state index contributed by atoms with van der Waals surface area (Å²) in [6.45, 7) is 0.900. The van der Waals surface area contributed by atoms with Crippen LogP contribution in [0.2, 0.25) is 0 Å². The number of hydrogen-bond donors (Lipinski definition) is 1. The Hall–Kier alpha value is -1.16. The van der Waals surface area contributed by atoms with Crippen LogP contribution in [0.5, 0.6) is 5.75 Å². The molecule has 2 nitrogen and oxygen atoms in total. The molecular weight excluding hydrogens is 214 g/mol. The summed E-state index contributed by atoms with van der Waals surface area (Å²) >= 11 is 0. The van der Waals surface area contributed by atoms with E-state index in [-0.39, 0.29) is 18.3 Å². The van der Waals surface area contributed by atoms with E-state index in [0.29, 0.717) is 6.42 Å². The van der Waals surface area contributed by atoms with Crippen LogP contribution < -0.4 is 4.74 Å². The van der Waals surface area contributed by atoms with E-state index in [0.717, 1.165) is 11.1 Å². The molecule has 0 radical (unpaired) electrons. The maximum atomic E-state index is 12.2. The lowest BCUT2D eigenvalue weighted by atomic mass is 9.94. The van der Waals surface area contributed by atoms with E-state index in [1.807, 2.05) is 19.9 Å². The second kappa shape index (κ2) is 5.80. The van der Waals surface area contributed by atoms with Crippen LogP contribution in [-0.4, -0.2) is 18.3 Å². The Labute approximate surface area is 93.9 Å². The highest BCUT2D eigenvalue weighted by molar-refractivity contribution is 5.42. The standard InChI is InChI=1S/C12H16F2O2/c1-3-9-10(8(2)7-15)5-4-6-11(9)16-12(13)14/h4-6,8,12,15H,3,7H2,1-2H3. The largest absolute Gasteiger partial charge is 0.435 e. The number of aliphatic hydroxyl groups excluding tert-OH is 1. The van der Waals surface area contributed by atoms with Crippen LogP contribution in [0.3, 0.4) is 0 Å². The third kappa shape index (κ3) is 2.92. The van der Waals surface area contributed by atoms with Crippen molar-refractivity contribution in [3.8, 4) is 5.75 Å². The topological polar surface area (TPSA) is 29.5 Å². The number of alkyl halides is 2. The molecule has 1 aromatic carbocycles. The Balaban J connectivity index is 3.10. The third-order valence-corrected chi connectivity index (χ3v) is 2.54. The number of rotatable bonds is 5. The SMILES string of the molecule is CCc1c(OC(F)F)cccc1C(C)CO. The predicted molar refractivity (Wildman–Crippen MR) is 58.0 cm³/mol.